The summed E-state index contributed by atoms with van der Waals surface area (Å²) in [4.78, 5) is 29.4. The van der Waals surface area contributed by atoms with E-state index in [4.69, 9.17) is 9.47 Å². The van der Waals surface area contributed by atoms with Crippen LogP contribution in [0.15, 0.2) is 36.4 Å². The van der Waals surface area contributed by atoms with Gasteiger partial charge in [0, 0.05) is 56.7 Å². The number of Topliss-reactive ketones (excluding diaryl/α,β-unsaturated/α-hetero) is 1. The number of amides is 1. The highest BCUT2D eigenvalue weighted by Crippen LogP contribution is 2.25. The molecule has 6 nitrogen and oxygen atoms in total. The lowest BCUT2D eigenvalue weighted by Gasteiger charge is -2.35. The molecule has 31 heavy (non-hydrogen) atoms. The van der Waals surface area contributed by atoms with Crippen molar-refractivity contribution in [1.29, 1.82) is 0 Å². The van der Waals surface area contributed by atoms with Crippen molar-refractivity contribution in [3.63, 3.8) is 0 Å². The van der Waals surface area contributed by atoms with Gasteiger partial charge in [-0.1, -0.05) is 17.7 Å². The van der Waals surface area contributed by atoms with E-state index in [2.05, 4.69) is 4.90 Å². The van der Waals surface area contributed by atoms with E-state index < -0.39 is 0 Å². The molecule has 0 saturated carbocycles. The molecule has 2 aromatic rings. The molecule has 0 N–H and O–H groups in total. The monoisotopic (exact) mass is 424 g/mol. The molecule has 1 amide bonds. The Hall–Kier alpha value is -2.86. The van der Waals surface area contributed by atoms with Gasteiger partial charge in [-0.25, -0.2) is 0 Å². The van der Waals surface area contributed by atoms with Gasteiger partial charge in [0.1, 0.15) is 11.5 Å². The smallest absolute Gasteiger partial charge is 0.223 e. The quantitative estimate of drug-likeness (QED) is 0.606. The van der Waals surface area contributed by atoms with Crippen LogP contribution in [-0.4, -0.2) is 61.9 Å². The maximum absolute atomic E-state index is 12.7. The first kappa shape index (κ1) is 22.8. The van der Waals surface area contributed by atoms with Gasteiger partial charge in [0.15, 0.2) is 5.78 Å². The molecule has 1 saturated heterocycles. The van der Waals surface area contributed by atoms with E-state index in [1.165, 1.54) is 0 Å². The molecule has 2 aromatic carbocycles. The lowest BCUT2D eigenvalue weighted by molar-refractivity contribution is -0.133. The third-order valence-electron chi connectivity index (χ3n) is 5.87. The number of piperazine rings is 1. The summed E-state index contributed by atoms with van der Waals surface area (Å²) in [6, 6.07) is 11.7. The third kappa shape index (κ3) is 5.85. The third-order valence-corrected chi connectivity index (χ3v) is 5.87. The molecular formula is C25H32N2O4. The molecule has 6 heteroatoms. The molecule has 0 spiro atoms. The van der Waals surface area contributed by atoms with E-state index in [9.17, 15) is 9.59 Å². The summed E-state index contributed by atoms with van der Waals surface area (Å²) in [5.74, 6) is 1.73. The van der Waals surface area contributed by atoms with Gasteiger partial charge in [0.05, 0.1) is 14.2 Å². The molecule has 0 unspecified atom stereocenters. The fourth-order valence-corrected chi connectivity index (χ4v) is 3.95. The summed E-state index contributed by atoms with van der Waals surface area (Å²) in [6.45, 7) is 7.57. The number of hydrogen-bond acceptors (Lipinski definition) is 5. The van der Waals surface area contributed by atoms with Gasteiger partial charge in [0.2, 0.25) is 5.91 Å². The van der Waals surface area contributed by atoms with Gasteiger partial charge in [-0.3, -0.25) is 14.5 Å². The van der Waals surface area contributed by atoms with Crippen molar-refractivity contribution in [3.8, 4) is 11.5 Å². The van der Waals surface area contributed by atoms with Crippen molar-refractivity contribution in [2.45, 2.75) is 33.2 Å². The molecule has 1 heterocycles. The fourth-order valence-electron chi connectivity index (χ4n) is 3.95. The van der Waals surface area contributed by atoms with Gasteiger partial charge < -0.3 is 14.4 Å². The summed E-state index contributed by atoms with van der Waals surface area (Å²) in [6.07, 6.45) is 0.514. The van der Waals surface area contributed by atoms with Gasteiger partial charge >= 0.3 is 0 Å². The average Bonchev–Trinajstić information content (AvgIpc) is 2.79. The number of ketones is 1. The van der Waals surface area contributed by atoms with Crippen LogP contribution in [0.2, 0.25) is 0 Å². The van der Waals surface area contributed by atoms with Crippen molar-refractivity contribution in [1.82, 2.24) is 9.80 Å². The normalized spacial score (nSPS) is 14.4. The van der Waals surface area contributed by atoms with E-state index in [1.807, 2.05) is 55.1 Å². The van der Waals surface area contributed by atoms with Gasteiger partial charge in [-0.15, -0.1) is 0 Å². The van der Waals surface area contributed by atoms with Crippen LogP contribution in [0, 0.1) is 13.8 Å². The minimum atomic E-state index is 0.0401. The largest absolute Gasteiger partial charge is 0.497 e. The predicted octanol–water partition coefficient (Wildman–Crippen LogP) is 3.63. The highest BCUT2D eigenvalue weighted by atomic mass is 16.5. The number of rotatable bonds is 8. The Bertz CT molecular complexity index is 933. The van der Waals surface area contributed by atoms with Crippen LogP contribution in [0.3, 0.4) is 0 Å². The first-order chi connectivity index (χ1) is 14.9. The van der Waals surface area contributed by atoms with E-state index in [-0.39, 0.29) is 24.5 Å². The van der Waals surface area contributed by atoms with Crippen LogP contribution in [0.25, 0.3) is 0 Å². The van der Waals surface area contributed by atoms with Crippen molar-refractivity contribution in [3.05, 3.63) is 58.7 Å². The average molecular weight is 425 g/mol. The van der Waals surface area contributed by atoms with E-state index in [0.29, 0.717) is 13.1 Å². The van der Waals surface area contributed by atoms with E-state index in [1.54, 1.807) is 14.2 Å². The lowest BCUT2D eigenvalue weighted by Crippen LogP contribution is -2.48. The van der Waals surface area contributed by atoms with Crippen molar-refractivity contribution >= 4 is 11.7 Å². The molecule has 0 radical (unpaired) electrons. The molecule has 0 bridgehead atoms. The molecule has 166 valence electrons. The Labute approximate surface area is 184 Å². The second-order valence-corrected chi connectivity index (χ2v) is 8.08. The first-order valence-electron chi connectivity index (χ1n) is 10.7. The molecule has 1 aliphatic rings. The van der Waals surface area contributed by atoms with Gasteiger partial charge in [-0.2, -0.15) is 0 Å². The molecule has 1 aliphatic heterocycles. The number of aryl methyl sites for hydroxylation is 2. The number of ether oxygens (including phenoxy) is 2. The van der Waals surface area contributed by atoms with Crippen molar-refractivity contribution in [2.24, 2.45) is 0 Å². The standard InChI is InChI=1S/C25H32N2O4/c1-18-5-6-19(2)22(15-18)23(28)8-10-25(29)27-13-11-26(12-14-27)17-20-16-21(30-3)7-9-24(20)31-4/h5-7,9,15-16H,8,10-14,17H2,1-4H3. The van der Waals surface area contributed by atoms with Crippen molar-refractivity contribution in [2.75, 3.05) is 40.4 Å². The van der Waals surface area contributed by atoms with E-state index >= 15 is 0 Å². The number of carbonyl (C=O) groups is 2. The lowest BCUT2D eigenvalue weighted by atomic mass is 9.99. The van der Waals surface area contributed by atoms with Crippen LogP contribution in [0.1, 0.15) is 39.9 Å². The fraction of sp³-hybridized carbons (Fsp3) is 0.440. The Morgan fingerprint density at radius 3 is 2.32 bits per heavy atom. The Kier molecular flexibility index (Phi) is 7.69. The van der Waals surface area contributed by atoms with Gasteiger partial charge in [-0.05, 0) is 43.7 Å². The predicted molar refractivity (Wildman–Crippen MR) is 121 cm³/mol. The minimum Gasteiger partial charge on any atom is -0.497 e. The summed E-state index contributed by atoms with van der Waals surface area (Å²) < 4.78 is 10.8. The zero-order chi connectivity index (χ0) is 22.4. The minimum absolute atomic E-state index is 0.0401. The first-order valence-corrected chi connectivity index (χ1v) is 10.7. The second-order valence-electron chi connectivity index (χ2n) is 8.08. The summed E-state index contributed by atoms with van der Waals surface area (Å²) in [7, 11) is 3.32. The van der Waals surface area contributed by atoms with Crippen molar-refractivity contribution < 1.29 is 19.1 Å². The van der Waals surface area contributed by atoms with Crippen LogP contribution in [0.4, 0.5) is 0 Å². The summed E-state index contributed by atoms with van der Waals surface area (Å²) >= 11 is 0. The highest BCUT2D eigenvalue weighted by Gasteiger charge is 2.23. The Morgan fingerprint density at radius 1 is 0.903 bits per heavy atom. The molecule has 0 atom stereocenters. The molecule has 3 rings (SSSR count). The zero-order valence-electron chi connectivity index (χ0n) is 18.9. The topological polar surface area (TPSA) is 59.1 Å². The Morgan fingerprint density at radius 2 is 1.65 bits per heavy atom. The summed E-state index contributed by atoms with van der Waals surface area (Å²) in [5.41, 5.74) is 3.82. The Balaban J connectivity index is 1.50. The molecular weight excluding hydrogens is 392 g/mol. The maximum Gasteiger partial charge on any atom is 0.223 e. The van der Waals surface area contributed by atoms with Gasteiger partial charge in [0.25, 0.3) is 0 Å². The number of carbonyl (C=O) groups excluding carboxylic acids is 2. The second kappa shape index (κ2) is 10.4. The maximum atomic E-state index is 12.7. The van der Waals surface area contributed by atoms with Crippen LogP contribution in [0.5, 0.6) is 11.5 Å². The highest BCUT2D eigenvalue weighted by molar-refractivity contribution is 5.99. The molecule has 0 aromatic heterocycles. The molecule has 0 aliphatic carbocycles. The number of benzene rings is 2. The number of methoxy groups -OCH3 is 2. The number of hydrogen-bond donors (Lipinski definition) is 0. The number of nitrogens with zero attached hydrogens (tertiary/aromatic N) is 2. The molecule has 1 fully saturated rings. The van der Waals surface area contributed by atoms with Crippen LogP contribution < -0.4 is 9.47 Å². The summed E-state index contributed by atoms with van der Waals surface area (Å²) in [5, 5.41) is 0. The van der Waals surface area contributed by atoms with Crippen LogP contribution >= 0.6 is 0 Å². The zero-order valence-corrected chi connectivity index (χ0v) is 18.9. The van der Waals surface area contributed by atoms with Crippen LogP contribution in [-0.2, 0) is 11.3 Å². The SMILES string of the molecule is COc1ccc(OC)c(CN2CCN(C(=O)CCC(=O)c3cc(C)ccc3C)CC2)c1. The van der Waals surface area contributed by atoms with E-state index in [0.717, 1.165) is 53.4 Å².